The summed E-state index contributed by atoms with van der Waals surface area (Å²) in [6, 6.07) is 0. The van der Waals surface area contributed by atoms with Gasteiger partial charge in [-0.05, 0) is 24.7 Å². The summed E-state index contributed by atoms with van der Waals surface area (Å²) in [5.41, 5.74) is 0.562. The highest BCUT2D eigenvalue weighted by molar-refractivity contribution is 9.09. The Morgan fingerprint density at radius 2 is 2.00 bits per heavy atom. The molecular formula is C9H17BrO. The van der Waals surface area contributed by atoms with Crippen LogP contribution in [0.5, 0.6) is 0 Å². The van der Waals surface area contributed by atoms with Crippen molar-refractivity contribution in [3.8, 4) is 0 Å². The maximum Gasteiger partial charge on any atom is 0.0471 e. The van der Waals surface area contributed by atoms with Gasteiger partial charge in [-0.1, -0.05) is 29.3 Å². The highest BCUT2D eigenvalue weighted by atomic mass is 79.9. The zero-order valence-corrected chi connectivity index (χ0v) is 8.82. The average molecular weight is 221 g/mol. The molecule has 66 valence electrons. The maximum atomic E-state index is 5.35. The second-order valence-electron chi connectivity index (χ2n) is 3.50. The van der Waals surface area contributed by atoms with Crippen LogP contribution in [0.15, 0.2) is 0 Å². The van der Waals surface area contributed by atoms with E-state index in [0.29, 0.717) is 5.41 Å². The van der Waals surface area contributed by atoms with Crippen LogP contribution in [0, 0.1) is 5.41 Å². The zero-order valence-electron chi connectivity index (χ0n) is 7.24. The Kier molecular flexibility index (Phi) is 3.86. The first kappa shape index (κ1) is 9.53. The fraction of sp³-hybridized carbons (Fsp3) is 1.00. The van der Waals surface area contributed by atoms with Gasteiger partial charge < -0.3 is 4.74 Å². The van der Waals surface area contributed by atoms with Crippen molar-refractivity contribution in [2.75, 3.05) is 18.5 Å². The van der Waals surface area contributed by atoms with Gasteiger partial charge in [0.05, 0.1) is 0 Å². The largest absolute Gasteiger partial charge is 0.381 e. The molecular weight excluding hydrogens is 204 g/mol. The molecule has 0 bridgehead atoms. The monoisotopic (exact) mass is 220 g/mol. The third kappa shape index (κ3) is 2.45. The van der Waals surface area contributed by atoms with Crippen LogP contribution >= 0.6 is 15.9 Å². The van der Waals surface area contributed by atoms with Crippen molar-refractivity contribution in [2.45, 2.75) is 32.6 Å². The summed E-state index contributed by atoms with van der Waals surface area (Å²) in [4.78, 5) is 0. The minimum absolute atomic E-state index is 0.562. The highest BCUT2D eigenvalue weighted by Crippen LogP contribution is 2.36. The molecule has 1 aliphatic rings. The van der Waals surface area contributed by atoms with Gasteiger partial charge in [-0.3, -0.25) is 0 Å². The molecule has 1 fully saturated rings. The fourth-order valence-corrected chi connectivity index (χ4v) is 2.63. The van der Waals surface area contributed by atoms with Crippen molar-refractivity contribution >= 4 is 15.9 Å². The molecule has 0 atom stereocenters. The van der Waals surface area contributed by atoms with E-state index in [0.717, 1.165) is 18.5 Å². The first-order valence-electron chi connectivity index (χ1n) is 4.47. The third-order valence-electron chi connectivity index (χ3n) is 2.62. The van der Waals surface area contributed by atoms with Gasteiger partial charge >= 0.3 is 0 Å². The van der Waals surface area contributed by atoms with Crippen LogP contribution in [0.4, 0.5) is 0 Å². The Morgan fingerprint density at radius 3 is 2.45 bits per heavy atom. The molecule has 0 N–H and O–H groups in total. The molecule has 0 saturated carbocycles. The van der Waals surface area contributed by atoms with E-state index < -0.39 is 0 Å². The molecule has 0 amide bonds. The standard InChI is InChI=1S/C9H17BrO/c1-2-3-9(8-10)4-6-11-7-5-9/h2-8H2,1H3. The van der Waals surface area contributed by atoms with Gasteiger partial charge in [-0.15, -0.1) is 0 Å². The quantitative estimate of drug-likeness (QED) is 0.665. The van der Waals surface area contributed by atoms with Crippen LogP contribution in [0.3, 0.4) is 0 Å². The topological polar surface area (TPSA) is 9.23 Å². The molecule has 2 heteroatoms. The van der Waals surface area contributed by atoms with Crippen molar-refractivity contribution < 1.29 is 4.74 Å². The highest BCUT2D eigenvalue weighted by Gasteiger charge is 2.30. The van der Waals surface area contributed by atoms with Gasteiger partial charge in [-0.25, -0.2) is 0 Å². The normalized spacial score (nSPS) is 23.5. The van der Waals surface area contributed by atoms with E-state index in [9.17, 15) is 0 Å². The predicted octanol–water partition coefficient (Wildman–Crippen LogP) is 2.98. The van der Waals surface area contributed by atoms with E-state index in [1.54, 1.807) is 0 Å². The lowest BCUT2D eigenvalue weighted by Crippen LogP contribution is -2.30. The zero-order chi connectivity index (χ0) is 8.16. The SMILES string of the molecule is CCCC1(CBr)CCOCC1. The van der Waals surface area contributed by atoms with Crippen molar-refractivity contribution in [1.29, 1.82) is 0 Å². The summed E-state index contributed by atoms with van der Waals surface area (Å²) < 4.78 is 5.35. The van der Waals surface area contributed by atoms with E-state index in [1.165, 1.54) is 25.7 Å². The van der Waals surface area contributed by atoms with E-state index in [1.807, 2.05) is 0 Å². The number of halogens is 1. The van der Waals surface area contributed by atoms with E-state index in [2.05, 4.69) is 22.9 Å². The van der Waals surface area contributed by atoms with Gasteiger partial charge in [0.15, 0.2) is 0 Å². The molecule has 0 aromatic rings. The molecule has 1 nitrogen and oxygen atoms in total. The van der Waals surface area contributed by atoms with Crippen LogP contribution in [-0.2, 0) is 4.74 Å². The summed E-state index contributed by atoms with van der Waals surface area (Å²) >= 11 is 3.61. The van der Waals surface area contributed by atoms with Gasteiger partial charge in [-0.2, -0.15) is 0 Å². The maximum absolute atomic E-state index is 5.35. The van der Waals surface area contributed by atoms with Crippen LogP contribution < -0.4 is 0 Å². The lowest BCUT2D eigenvalue weighted by atomic mass is 9.79. The van der Waals surface area contributed by atoms with E-state index in [4.69, 9.17) is 4.74 Å². The van der Waals surface area contributed by atoms with E-state index in [-0.39, 0.29) is 0 Å². The summed E-state index contributed by atoms with van der Waals surface area (Å²) in [6.07, 6.45) is 5.13. The van der Waals surface area contributed by atoms with Crippen LogP contribution in [0.1, 0.15) is 32.6 Å². The Hall–Kier alpha value is 0.440. The molecule has 0 aliphatic carbocycles. The van der Waals surface area contributed by atoms with Gasteiger partial charge in [0.25, 0.3) is 0 Å². The molecule has 1 heterocycles. The molecule has 1 rings (SSSR count). The lowest BCUT2D eigenvalue weighted by Gasteiger charge is -2.35. The fourth-order valence-electron chi connectivity index (χ4n) is 1.79. The number of hydrogen-bond donors (Lipinski definition) is 0. The summed E-state index contributed by atoms with van der Waals surface area (Å²) in [6.45, 7) is 4.19. The first-order valence-corrected chi connectivity index (χ1v) is 5.59. The van der Waals surface area contributed by atoms with Crippen LogP contribution in [-0.4, -0.2) is 18.5 Å². The molecule has 0 unspecified atom stereocenters. The predicted molar refractivity (Wildman–Crippen MR) is 51.2 cm³/mol. The third-order valence-corrected chi connectivity index (χ3v) is 3.81. The molecule has 1 saturated heterocycles. The summed E-state index contributed by atoms with van der Waals surface area (Å²) in [5, 5.41) is 1.15. The second kappa shape index (κ2) is 4.46. The molecule has 11 heavy (non-hydrogen) atoms. The molecule has 0 aromatic carbocycles. The molecule has 1 aliphatic heterocycles. The van der Waals surface area contributed by atoms with Crippen molar-refractivity contribution in [1.82, 2.24) is 0 Å². The molecule has 0 radical (unpaired) electrons. The Balaban J connectivity index is 2.42. The van der Waals surface area contributed by atoms with E-state index >= 15 is 0 Å². The van der Waals surface area contributed by atoms with Gasteiger partial charge in [0.2, 0.25) is 0 Å². The number of rotatable bonds is 3. The minimum atomic E-state index is 0.562. The Labute approximate surface area is 77.6 Å². The van der Waals surface area contributed by atoms with Crippen molar-refractivity contribution in [2.24, 2.45) is 5.41 Å². The second-order valence-corrected chi connectivity index (χ2v) is 4.06. The Bertz CT molecular complexity index is 103. The average Bonchev–Trinajstić information content (AvgIpc) is 2.07. The van der Waals surface area contributed by atoms with Gasteiger partial charge in [0, 0.05) is 18.5 Å². The minimum Gasteiger partial charge on any atom is -0.381 e. The van der Waals surface area contributed by atoms with Crippen LogP contribution in [0.2, 0.25) is 0 Å². The van der Waals surface area contributed by atoms with Gasteiger partial charge in [0.1, 0.15) is 0 Å². The smallest absolute Gasteiger partial charge is 0.0471 e. The van der Waals surface area contributed by atoms with Crippen LogP contribution in [0.25, 0.3) is 0 Å². The summed E-state index contributed by atoms with van der Waals surface area (Å²) in [7, 11) is 0. The first-order chi connectivity index (χ1) is 5.33. The Morgan fingerprint density at radius 1 is 1.36 bits per heavy atom. The number of hydrogen-bond acceptors (Lipinski definition) is 1. The molecule has 0 aromatic heterocycles. The number of alkyl halides is 1. The van der Waals surface area contributed by atoms with Crippen molar-refractivity contribution in [3.63, 3.8) is 0 Å². The number of ether oxygens (including phenoxy) is 1. The molecule has 0 spiro atoms. The summed E-state index contributed by atoms with van der Waals surface area (Å²) in [5.74, 6) is 0. The lowest BCUT2D eigenvalue weighted by molar-refractivity contribution is 0.0225. The van der Waals surface area contributed by atoms with Crippen molar-refractivity contribution in [3.05, 3.63) is 0 Å².